The zero-order valence-electron chi connectivity index (χ0n) is 9.52. The van der Waals surface area contributed by atoms with Gasteiger partial charge in [0.25, 0.3) is 0 Å². The van der Waals surface area contributed by atoms with Crippen LogP contribution in [0.2, 0.25) is 0 Å². The molecule has 0 amide bonds. The van der Waals surface area contributed by atoms with E-state index >= 15 is 0 Å². The van der Waals surface area contributed by atoms with Crippen LogP contribution in [0.3, 0.4) is 0 Å². The zero-order chi connectivity index (χ0) is 12.2. The van der Waals surface area contributed by atoms with Gasteiger partial charge in [-0.25, -0.2) is 13.1 Å². The van der Waals surface area contributed by atoms with Gasteiger partial charge in [-0.3, -0.25) is 4.79 Å². The maximum absolute atomic E-state index is 11.4. The number of carboxylic acid groups (broad SMARTS) is 1. The van der Waals surface area contributed by atoms with Crippen LogP contribution in [0.25, 0.3) is 0 Å². The van der Waals surface area contributed by atoms with E-state index in [1.807, 2.05) is 20.8 Å². The van der Waals surface area contributed by atoms with E-state index in [0.29, 0.717) is 5.92 Å². The molecule has 0 aromatic rings. The highest BCUT2D eigenvalue weighted by molar-refractivity contribution is 7.90. The van der Waals surface area contributed by atoms with Gasteiger partial charge in [0.1, 0.15) is 0 Å². The SMILES string of the molecule is CC(C)C(C)CNS(=O)(=O)C(C)C(=O)O. The molecule has 0 rings (SSSR count). The first-order valence-corrected chi connectivity index (χ1v) is 6.44. The fourth-order valence-electron chi connectivity index (χ4n) is 0.741. The molecule has 15 heavy (non-hydrogen) atoms. The molecule has 0 aliphatic rings. The van der Waals surface area contributed by atoms with E-state index in [2.05, 4.69) is 4.72 Å². The molecule has 0 saturated heterocycles. The second-order valence-electron chi connectivity index (χ2n) is 4.10. The Morgan fingerprint density at radius 1 is 1.27 bits per heavy atom. The molecule has 0 aliphatic heterocycles. The monoisotopic (exact) mass is 237 g/mol. The number of aliphatic carboxylic acids is 1. The summed E-state index contributed by atoms with van der Waals surface area (Å²) in [6, 6.07) is 0. The minimum atomic E-state index is -3.74. The summed E-state index contributed by atoms with van der Waals surface area (Å²) in [4.78, 5) is 10.5. The summed E-state index contributed by atoms with van der Waals surface area (Å²) >= 11 is 0. The van der Waals surface area contributed by atoms with E-state index in [-0.39, 0.29) is 12.5 Å². The summed E-state index contributed by atoms with van der Waals surface area (Å²) in [7, 11) is -3.74. The predicted molar refractivity (Wildman–Crippen MR) is 58.0 cm³/mol. The van der Waals surface area contributed by atoms with E-state index in [1.54, 1.807) is 0 Å². The van der Waals surface area contributed by atoms with Crippen LogP contribution in [0.15, 0.2) is 0 Å². The van der Waals surface area contributed by atoms with Crippen molar-refractivity contribution in [3.63, 3.8) is 0 Å². The molecule has 90 valence electrons. The fraction of sp³-hybridized carbons (Fsp3) is 0.889. The van der Waals surface area contributed by atoms with Crippen LogP contribution in [0.5, 0.6) is 0 Å². The normalized spacial score (nSPS) is 16.3. The van der Waals surface area contributed by atoms with Gasteiger partial charge < -0.3 is 5.11 Å². The quantitative estimate of drug-likeness (QED) is 0.711. The topological polar surface area (TPSA) is 83.5 Å². The first-order valence-electron chi connectivity index (χ1n) is 4.89. The van der Waals surface area contributed by atoms with Gasteiger partial charge in [-0.15, -0.1) is 0 Å². The summed E-state index contributed by atoms with van der Waals surface area (Å²) in [6.45, 7) is 7.32. The van der Waals surface area contributed by atoms with Crippen molar-refractivity contribution in [3.05, 3.63) is 0 Å². The zero-order valence-corrected chi connectivity index (χ0v) is 10.3. The van der Waals surface area contributed by atoms with Crippen LogP contribution in [0.4, 0.5) is 0 Å². The Balaban J connectivity index is 4.35. The highest BCUT2D eigenvalue weighted by Gasteiger charge is 2.27. The van der Waals surface area contributed by atoms with Crippen molar-refractivity contribution in [3.8, 4) is 0 Å². The van der Waals surface area contributed by atoms with E-state index in [4.69, 9.17) is 5.11 Å². The molecule has 5 nitrogen and oxygen atoms in total. The third-order valence-corrected chi connectivity index (χ3v) is 4.26. The third-order valence-electron chi connectivity index (χ3n) is 2.56. The Hall–Kier alpha value is -0.620. The lowest BCUT2D eigenvalue weighted by Gasteiger charge is -2.17. The maximum Gasteiger partial charge on any atom is 0.323 e. The predicted octanol–water partition coefficient (Wildman–Crippen LogP) is 0.671. The third kappa shape index (κ3) is 4.61. The number of hydrogen-bond acceptors (Lipinski definition) is 3. The summed E-state index contributed by atoms with van der Waals surface area (Å²) in [5.41, 5.74) is 0. The Bertz CT molecular complexity index is 310. The fourth-order valence-corrected chi connectivity index (χ4v) is 1.75. The minimum absolute atomic E-state index is 0.181. The lowest BCUT2D eigenvalue weighted by Crippen LogP contribution is -2.39. The lowest BCUT2D eigenvalue weighted by atomic mass is 9.99. The second kappa shape index (κ2) is 5.46. The van der Waals surface area contributed by atoms with Crippen molar-refractivity contribution in [2.45, 2.75) is 32.9 Å². The number of sulfonamides is 1. The standard InChI is InChI=1S/C9H19NO4S/c1-6(2)7(3)5-10-15(13,14)8(4)9(11)12/h6-8,10H,5H2,1-4H3,(H,11,12). The molecule has 0 spiro atoms. The van der Waals surface area contributed by atoms with Crippen LogP contribution in [0, 0.1) is 11.8 Å². The van der Waals surface area contributed by atoms with Gasteiger partial charge in [0.05, 0.1) is 0 Å². The van der Waals surface area contributed by atoms with Crippen molar-refractivity contribution in [1.29, 1.82) is 0 Å². The number of carboxylic acids is 1. The largest absolute Gasteiger partial charge is 0.480 e. The number of hydrogen-bond donors (Lipinski definition) is 2. The van der Waals surface area contributed by atoms with E-state index < -0.39 is 21.2 Å². The molecule has 0 fully saturated rings. The van der Waals surface area contributed by atoms with Gasteiger partial charge >= 0.3 is 5.97 Å². The Morgan fingerprint density at radius 3 is 2.07 bits per heavy atom. The van der Waals surface area contributed by atoms with Crippen molar-refractivity contribution >= 4 is 16.0 Å². The summed E-state index contributed by atoms with van der Waals surface area (Å²) in [5, 5.41) is 7.17. The molecule has 0 radical (unpaired) electrons. The molecule has 0 aromatic carbocycles. The number of carbonyl (C=O) groups is 1. The van der Waals surface area contributed by atoms with Gasteiger partial charge in [0, 0.05) is 6.54 Å². The van der Waals surface area contributed by atoms with Gasteiger partial charge in [-0.05, 0) is 18.8 Å². The molecule has 2 unspecified atom stereocenters. The van der Waals surface area contributed by atoms with Crippen molar-refractivity contribution in [1.82, 2.24) is 4.72 Å². The highest BCUT2D eigenvalue weighted by Crippen LogP contribution is 2.09. The van der Waals surface area contributed by atoms with E-state index in [9.17, 15) is 13.2 Å². The van der Waals surface area contributed by atoms with Crippen LogP contribution in [-0.2, 0) is 14.8 Å². The maximum atomic E-state index is 11.4. The average molecular weight is 237 g/mol. The summed E-state index contributed by atoms with van der Waals surface area (Å²) < 4.78 is 25.1. The molecule has 0 bridgehead atoms. The second-order valence-corrected chi connectivity index (χ2v) is 6.18. The molecule has 0 aromatic heterocycles. The smallest absolute Gasteiger partial charge is 0.323 e. The number of rotatable bonds is 6. The molecule has 2 atom stereocenters. The molecule has 0 heterocycles. The van der Waals surface area contributed by atoms with E-state index in [0.717, 1.165) is 6.92 Å². The summed E-state index contributed by atoms with van der Waals surface area (Å²) in [5.74, 6) is -0.798. The molecule has 0 aliphatic carbocycles. The van der Waals surface area contributed by atoms with Crippen molar-refractivity contribution < 1.29 is 18.3 Å². The Labute approximate surface area is 90.9 Å². The molecule has 6 heteroatoms. The van der Waals surface area contributed by atoms with Gasteiger partial charge in [-0.1, -0.05) is 20.8 Å². The van der Waals surface area contributed by atoms with Crippen molar-refractivity contribution in [2.24, 2.45) is 11.8 Å². The first-order chi connectivity index (χ1) is 6.68. The molecule has 2 N–H and O–H groups in total. The molecule has 0 saturated carbocycles. The Morgan fingerprint density at radius 2 is 1.73 bits per heavy atom. The Kier molecular flexibility index (Phi) is 5.23. The van der Waals surface area contributed by atoms with Crippen LogP contribution >= 0.6 is 0 Å². The van der Waals surface area contributed by atoms with Crippen LogP contribution < -0.4 is 4.72 Å². The van der Waals surface area contributed by atoms with Crippen LogP contribution in [0.1, 0.15) is 27.7 Å². The van der Waals surface area contributed by atoms with Gasteiger partial charge in [0.15, 0.2) is 5.25 Å². The average Bonchev–Trinajstić information content (AvgIpc) is 2.12. The van der Waals surface area contributed by atoms with Gasteiger partial charge in [0.2, 0.25) is 10.0 Å². The number of nitrogens with one attached hydrogen (secondary N) is 1. The molecular weight excluding hydrogens is 218 g/mol. The van der Waals surface area contributed by atoms with Gasteiger partial charge in [-0.2, -0.15) is 0 Å². The first kappa shape index (κ1) is 14.4. The van der Waals surface area contributed by atoms with Crippen LogP contribution in [-0.4, -0.2) is 31.3 Å². The van der Waals surface area contributed by atoms with Crippen molar-refractivity contribution in [2.75, 3.05) is 6.54 Å². The minimum Gasteiger partial charge on any atom is -0.480 e. The lowest BCUT2D eigenvalue weighted by molar-refractivity contribution is -0.136. The highest BCUT2D eigenvalue weighted by atomic mass is 32.2. The molecular formula is C9H19NO4S. The van der Waals surface area contributed by atoms with E-state index in [1.165, 1.54) is 0 Å². The summed E-state index contributed by atoms with van der Waals surface area (Å²) in [6.07, 6.45) is 0.